The van der Waals surface area contributed by atoms with Crippen molar-refractivity contribution in [2.75, 3.05) is 38.5 Å². The number of hydrogen-bond acceptors (Lipinski definition) is 8. The number of carbonyl (C=O) groups excluding carboxylic acids is 1. The second-order valence-electron chi connectivity index (χ2n) is 7.40. The Morgan fingerprint density at radius 1 is 1.00 bits per heavy atom. The van der Waals surface area contributed by atoms with Crippen LogP contribution in [0, 0.1) is 0 Å². The highest BCUT2D eigenvalue weighted by Gasteiger charge is 2.29. The van der Waals surface area contributed by atoms with Gasteiger partial charge in [-0.2, -0.15) is 0 Å². The fourth-order valence-electron chi connectivity index (χ4n) is 3.52. The van der Waals surface area contributed by atoms with E-state index < -0.39 is 19.7 Å². The minimum absolute atomic E-state index is 0.0139. The van der Waals surface area contributed by atoms with Gasteiger partial charge < -0.3 is 15.5 Å². The minimum atomic E-state index is -3.98. The predicted octanol–water partition coefficient (Wildman–Crippen LogP) is 1.37. The zero-order valence-electron chi connectivity index (χ0n) is 17.4. The van der Waals surface area contributed by atoms with Crippen molar-refractivity contribution < 1.29 is 21.6 Å². The molecule has 11 heteroatoms. The quantitative estimate of drug-likeness (QED) is 0.629. The van der Waals surface area contributed by atoms with E-state index >= 15 is 0 Å². The summed E-state index contributed by atoms with van der Waals surface area (Å²) in [7, 11) is -7.83. The van der Waals surface area contributed by atoms with Crippen LogP contribution in [-0.2, 0) is 31.0 Å². The van der Waals surface area contributed by atoms with E-state index in [1.807, 2.05) is 4.90 Å². The van der Waals surface area contributed by atoms with E-state index in [0.717, 1.165) is 17.8 Å². The van der Waals surface area contributed by atoms with E-state index in [2.05, 4.69) is 0 Å². The Labute approximate surface area is 187 Å². The molecule has 1 aromatic heterocycles. The van der Waals surface area contributed by atoms with Gasteiger partial charge in [0.05, 0.1) is 15.5 Å². The summed E-state index contributed by atoms with van der Waals surface area (Å²) in [6.45, 7) is 4.52. The fraction of sp³-hybridized carbons (Fsp3) is 0.450. The van der Waals surface area contributed by atoms with Gasteiger partial charge in [0.15, 0.2) is 9.84 Å². The number of nitrogens with zero attached hydrogens (tertiary/aromatic N) is 2. The summed E-state index contributed by atoms with van der Waals surface area (Å²) in [5.74, 6) is -0.182. The topological polar surface area (TPSA) is 118 Å². The number of thiophene rings is 1. The lowest BCUT2D eigenvalue weighted by Crippen LogP contribution is -2.35. The van der Waals surface area contributed by atoms with Gasteiger partial charge in [-0.3, -0.25) is 4.79 Å². The molecule has 1 fully saturated rings. The molecule has 0 radical (unpaired) electrons. The smallest absolute Gasteiger partial charge is 0.219 e. The molecule has 1 aliphatic heterocycles. The van der Waals surface area contributed by atoms with Crippen molar-refractivity contribution in [3.05, 3.63) is 41.3 Å². The van der Waals surface area contributed by atoms with Gasteiger partial charge in [0.2, 0.25) is 15.7 Å². The molecule has 2 heterocycles. The van der Waals surface area contributed by atoms with E-state index in [4.69, 9.17) is 5.73 Å². The summed E-state index contributed by atoms with van der Waals surface area (Å²) in [6, 6.07) is 8.83. The monoisotopic (exact) mass is 485 g/mol. The number of sulfone groups is 2. The van der Waals surface area contributed by atoms with Crippen LogP contribution in [0.15, 0.2) is 50.4 Å². The lowest BCUT2D eigenvalue weighted by molar-refractivity contribution is -0.128. The third kappa shape index (κ3) is 5.53. The third-order valence-electron chi connectivity index (χ3n) is 5.29. The van der Waals surface area contributed by atoms with Crippen molar-refractivity contribution in [1.29, 1.82) is 0 Å². The summed E-state index contributed by atoms with van der Waals surface area (Å²) in [5, 5.41) is 0. The highest BCUT2D eigenvalue weighted by atomic mass is 32.2. The molecule has 0 spiro atoms. The first-order valence-corrected chi connectivity index (χ1v) is 13.9. The zero-order valence-corrected chi connectivity index (χ0v) is 19.8. The van der Waals surface area contributed by atoms with Gasteiger partial charge in [0, 0.05) is 44.5 Å². The molecule has 0 unspecified atom stereocenters. The zero-order chi connectivity index (χ0) is 22.6. The number of amides is 1. The van der Waals surface area contributed by atoms with Gasteiger partial charge in [0.25, 0.3) is 0 Å². The number of benzene rings is 1. The molecule has 170 valence electrons. The average molecular weight is 486 g/mol. The van der Waals surface area contributed by atoms with Gasteiger partial charge in [-0.1, -0.05) is 12.1 Å². The molecule has 0 bridgehead atoms. The highest BCUT2D eigenvalue weighted by Crippen LogP contribution is 2.32. The maximum atomic E-state index is 13.1. The van der Waals surface area contributed by atoms with E-state index in [1.165, 1.54) is 37.3 Å². The van der Waals surface area contributed by atoms with Crippen LogP contribution in [0.4, 0.5) is 0 Å². The van der Waals surface area contributed by atoms with Crippen LogP contribution in [0.2, 0.25) is 0 Å². The first-order chi connectivity index (χ1) is 14.6. The van der Waals surface area contributed by atoms with Gasteiger partial charge in [-0.15, -0.1) is 11.3 Å². The van der Waals surface area contributed by atoms with Gasteiger partial charge in [0.1, 0.15) is 4.21 Å². The summed E-state index contributed by atoms with van der Waals surface area (Å²) >= 11 is 1.05. The fourth-order valence-corrected chi connectivity index (χ4v) is 8.31. The molecule has 0 aliphatic carbocycles. The standard InChI is InChI=1S/C20H27N3O5S3/c1-16(24)23-10-4-9-22(11-12-23)13-14-30(25,26)18-5-2-3-6-19(18)31(27,28)20-8-7-17(15-21)29-20/h2-3,5-8H,4,9-15,21H2,1H3. The Kier molecular flexibility index (Phi) is 7.53. The van der Waals surface area contributed by atoms with Gasteiger partial charge in [-0.05, 0) is 37.2 Å². The second kappa shape index (κ2) is 9.78. The molecule has 1 aliphatic rings. The van der Waals surface area contributed by atoms with Crippen LogP contribution in [0.1, 0.15) is 18.2 Å². The Hall–Kier alpha value is -1.79. The molecule has 1 saturated heterocycles. The summed E-state index contributed by atoms with van der Waals surface area (Å²) in [5.41, 5.74) is 5.58. The lowest BCUT2D eigenvalue weighted by atomic mass is 10.4. The maximum Gasteiger partial charge on any atom is 0.219 e. The summed E-state index contributed by atoms with van der Waals surface area (Å²) in [4.78, 5) is 15.7. The van der Waals surface area contributed by atoms with Crippen LogP contribution in [0.5, 0.6) is 0 Å². The summed E-state index contributed by atoms with van der Waals surface area (Å²) < 4.78 is 52.6. The molecule has 2 N–H and O–H groups in total. The predicted molar refractivity (Wildman–Crippen MR) is 119 cm³/mol. The summed E-state index contributed by atoms with van der Waals surface area (Å²) in [6.07, 6.45) is 0.770. The van der Waals surface area contributed by atoms with Crippen molar-refractivity contribution in [3.63, 3.8) is 0 Å². The number of hydrogen-bond donors (Lipinski definition) is 1. The van der Waals surface area contributed by atoms with Gasteiger partial charge >= 0.3 is 0 Å². The van der Waals surface area contributed by atoms with Crippen molar-refractivity contribution in [3.8, 4) is 0 Å². The Morgan fingerprint density at radius 3 is 2.35 bits per heavy atom. The van der Waals surface area contributed by atoms with Gasteiger partial charge in [-0.25, -0.2) is 16.8 Å². The molecule has 0 atom stereocenters. The van der Waals surface area contributed by atoms with Crippen molar-refractivity contribution in [2.45, 2.75) is 33.9 Å². The van der Waals surface area contributed by atoms with Crippen LogP contribution in [0.3, 0.4) is 0 Å². The molecule has 0 saturated carbocycles. The maximum absolute atomic E-state index is 13.1. The number of carbonyl (C=O) groups is 1. The SMILES string of the molecule is CC(=O)N1CCCN(CCS(=O)(=O)c2ccccc2S(=O)(=O)c2ccc(CN)s2)CC1. The Balaban J connectivity index is 1.80. The molecule has 31 heavy (non-hydrogen) atoms. The van der Waals surface area contributed by atoms with Crippen molar-refractivity contribution in [1.82, 2.24) is 9.80 Å². The van der Waals surface area contributed by atoms with Crippen molar-refractivity contribution >= 4 is 36.9 Å². The van der Waals surface area contributed by atoms with Crippen LogP contribution >= 0.6 is 11.3 Å². The molecule has 8 nitrogen and oxygen atoms in total. The normalized spacial score (nSPS) is 16.3. The highest BCUT2D eigenvalue weighted by molar-refractivity contribution is 7.95. The van der Waals surface area contributed by atoms with E-state index in [9.17, 15) is 21.6 Å². The molecular formula is C20H27N3O5S3. The molecule has 3 rings (SSSR count). The van der Waals surface area contributed by atoms with E-state index in [-0.39, 0.29) is 38.7 Å². The number of nitrogens with two attached hydrogens (primary N) is 1. The largest absolute Gasteiger partial charge is 0.342 e. The first kappa shape index (κ1) is 23.9. The Bertz CT molecular complexity index is 1140. The van der Waals surface area contributed by atoms with Crippen LogP contribution in [-0.4, -0.2) is 71.0 Å². The van der Waals surface area contributed by atoms with Crippen LogP contribution in [0.25, 0.3) is 0 Å². The Morgan fingerprint density at radius 2 is 1.71 bits per heavy atom. The number of rotatable bonds is 7. The van der Waals surface area contributed by atoms with E-state index in [0.29, 0.717) is 31.1 Å². The van der Waals surface area contributed by atoms with E-state index in [1.54, 1.807) is 11.0 Å². The van der Waals surface area contributed by atoms with Crippen LogP contribution < -0.4 is 5.73 Å². The molecule has 2 aromatic rings. The second-order valence-corrected chi connectivity index (χ2v) is 12.8. The van der Waals surface area contributed by atoms with Crippen molar-refractivity contribution in [2.24, 2.45) is 5.73 Å². The lowest BCUT2D eigenvalue weighted by Gasteiger charge is -2.21. The molecular weight excluding hydrogens is 458 g/mol. The minimum Gasteiger partial charge on any atom is -0.342 e. The first-order valence-electron chi connectivity index (χ1n) is 9.98. The third-order valence-corrected chi connectivity index (χ3v) is 10.6. The average Bonchev–Trinajstić information content (AvgIpc) is 3.11. The molecule has 1 amide bonds. The molecule has 1 aromatic carbocycles.